The number of aliphatic hydroxyl groups is 1. The maximum atomic E-state index is 13.9. The number of anilines is 1. The summed E-state index contributed by atoms with van der Waals surface area (Å²) < 4.78 is 108. The van der Waals surface area contributed by atoms with E-state index in [1.807, 2.05) is 109 Å². The molecule has 0 spiro atoms. The molecule has 3 saturated heterocycles. The van der Waals surface area contributed by atoms with E-state index in [1.165, 1.54) is 91.7 Å². The number of hydrogen-bond donors (Lipinski definition) is 9. The van der Waals surface area contributed by atoms with Crippen molar-refractivity contribution in [1.82, 2.24) is 50.2 Å². The van der Waals surface area contributed by atoms with Crippen LogP contribution in [0.3, 0.4) is 0 Å². The fraction of sp³-hybridized carbons (Fsp3) is 0.354. The lowest BCUT2D eigenvalue weighted by Gasteiger charge is -2.43. The van der Waals surface area contributed by atoms with Gasteiger partial charge in [0, 0.05) is 147 Å². The molecule has 0 bridgehead atoms. The van der Waals surface area contributed by atoms with Gasteiger partial charge in [0.1, 0.15) is 60.0 Å². The number of ether oxygens (including phenoxy) is 3. The predicted molar refractivity (Wildman–Crippen MR) is 505 cm³/mol. The number of pyridine rings is 2. The van der Waals surface area contributed by atoms with Crippen LogP contribution < -0.4 is 59.2 Å². The third-order valence-electron chi connectivity index (χ3n) is 22.2. The molecule has 26 nitrogen and oxygen atoms in total. The van der Waals surface area contributed by atoms with Crippen LogP contribution in [0.4, 0.5) is 36.6 Å². The summed E-state index contributed by atoms with van der Waals surface area (Å²) in [7, 11) is 1.84. The molecule has 7 heterocycles. The third kappa shape index (κ3) is 32.1. The number of ketones is 1. The lowest BCUT2D eigenvalue weighted by Crippen LogP contribution is -2.55. The van der Waals surface area contributed by atoms with Crippen LogP contribution >= 0.6 is 34.8 Å². The Morgan fingerprint density at radius 1 is 0.626 bits per heavy atom. The summed E-state index contributed by atoms with van der Waals surface area (Å²) in [5, 5.41) is 16.3. The molecule has 0 radical (unpaired) electrons. The minimum absolute atomic E-state index is 0.0132. The average molecular weight is 1930 g/mol. The number of H-pyrrole nitrogens is 2. The second-order valence-electron chi connectivity index (χ2n) is 31.9. The van der Waals surface area contributed by atoms with Gasteiger partial charge in [-0.05, 0) is 223 Å². The number of piperazine rings is 1. The van der Waals surface area contributed by atoms with Gasteiger partial charge in [-0.25, -0.2) is 46.7 Å². The first-order chi connectivity index (χ1) is 63.1. The number of nitrogens with two attached hydrogens (primary N) is 4. The van der Waals surface area contributed by atoms with Crippen LogP contribution in [0.15, 0.2) is 220 Å². The molecule has 2 aliphatic carbocycles. The molecule has 4 fully saturated rings. The Hall–Kier alpha value is -11.7. The summed E-state index contributed by atoms with van der Waals surface area (Å²) in [6.07, 6.45) is 12.5. The molecule has 131 heavy (non-hydrogen) atoms. The Morgan fingerprint density at radius 2 is 1.26 bits per heavy atom. The van der Waals surface area contributed by atoms with E-state index in [0.717, 1.165) is 130 Å². The number of nitrogens with zero attached hydrogens (tertiary/aromatic N) is 9. The molecule has 10 aromatic rings. The summed E-state index contributed by atoms with van der Waals surface area (Å²) in [5.41, 5.74) is 27.4. The van der Waals surface area contributed by atoms with Crippen molar-refractivity contribution in [3.63, 3.8) is 0 Å². The third-order valence-corrected chi connectivity index (χ3v) is 23.4. The molecular formula is C96H111F7IN17O9S. The Balaban J connectivity index is 0.000000166. The predicted octanol–water partition coefficient (Wildman–Crippen LogP) is 12.3. The monoisotopic (exact) mass is 1930 g/mol. The molecule has 13 N–H and O–H groups in total. The number of piperidine rings is 1. The number of aromatic amines is 2. The number of aromatic nitrogens is 4. The van der Waals surface area contributed by atoms with Crippen LogP contribution in [-0.4, -0.2) is 208 Å². The van der Waals surface area contributed by atoms with Gasteiger partial charge in [-0.1, -0.05) is 106 Å². The summed E-state index contributed by atoms with van der Waals surface area (Å²) in [4.78, 5) is 89.4. The Morgan fingerprint density at radius 3 is 1.87 bits per heavy atom. The average Bonchev–Trinajstić information content (AvgIpc) is 1.59. The van der Waals surface area contributed by atoms with Crippen molar-refractivity contribution in [3.05, 3.63) is 310 Å². The number of nitrogens with one attached hydrogen (secondary N) is 4. The van der Waals surface area contributed by atoms with E-state index in [2.05, 4.69) is 51.4 Å². The van der Waals surface area contributed by atoms with E-state index in [0.29, 0.717) is 107 Å². The van der Waals surface area contributed by atoms with Crippen molar-refractivity contribution in [1.29, 1.82) is 0 Å². The number of methoxy groups -OCH3 is 1. The number of rotatable bonds is 25. The van der Waals surface area contributed by atoms with Crippen LogP contribution in [-0.2, 0) is 30.7 Å². The van der Waals surface area contributed by atoms with Gasteiger partial charge in [0.05, 0.1) is 24.2 Å². The van der Waals surface area contributed by atoms with Gasteiger partial charge in [-0.15, -0.1) is 0 Å². The van der Waals surface area contributed by atoms with Crippen LogP contribution in [0.2, 0.25) is 0 Å². The minimum Gasteiger partial charge on any atom is -0.490 e. The highest BCUT2D eigenvalue weighted by molar-refractivity contribution is 14.1. The molecule has 2 amide bonds. The number of aliphatic imine (C=N–C) groups is 2. The fourth-order valence-corrected chi connectivity index (χ4v) is 16.1. The van der Waals surface area contributed by atoms with Crippen LogP contribution in [0.1, 0.15) is 118 Å². The topological polar surface area (TPSA) is 360 Å². The normalized spacial score (nSPS) is 16.5. The fourth-order valence-electron chi connectivity index (χ4n) is 15.2. The number of likely N-dealkylation sites (tertiary alicyclic amines) is 1. The second-order valence-corrected chi connectivity index (χ2v) is 33.6. The number of guanidine groups is 2. The molecule has 16 rings (SSSR count). The van der Waals surface area contributed by atoms with E-state index in [9.17, 15) is 59.8 Å². The number of benzene rings is 7. The molecule has 3 aromatic heterocycles. The quantitative estimate of drug-likeness (QED) is 0.00488. The van der Waals surface area contributed by atoms with Gasteiger partial charge in [-0.3, -0.25) is 38.9 Å². The molecule has 4 aliphatic heterocycles. The lowest BCUT2D eigenvalue weighted by molar-refractivity contribution is -0.0267. The largest absolute Gasteiger partial charge is 0.490 e. The van der Waals surface area contributed by atoms with Crippen molar-refractivity contribution >= 4 is 75.1 Å². The first-order valence-corrected chi connectivity index (χ1v) is 44.7. The van der Waals surface area contributed by atoms with E-state index < -0.39 is 29.1 Å². The molecule has 3 unspecified atom stereocenters. The zero-order valence-corrected chi connectivity index (χ0v) is 76.1. The standard InChI is InChI=1S/C25H33FN4O2.C23H23FN2O2S.C19H22FNO2.C9H11FN2O.C8H9FIN3.C8H10FN3.C4H3FN2O2/c1-32-23-7-3-2-6-22(23)29-17-14-28(15-18-29)16-19-30(24-8-4-5-13-27-24)25(31)20-9-11-21(26)12-10-20;24-19-7-5-16(6-8-19)22(27)17-9-11-25(12-10-17)13-14-26-21(29)15-18-3-1-2-4-20(18)23(26)28;1-12(2)21-10-16(22)11-23-18-9-15(20)8-14-7-13-5-3-4-6-17(13)19(14)18;10-9-8(2-1-4-12-9)13-6-7-3-5-11-7;9-6-2-1-5(3-7(6)10)4-13-8(11)12;9-7-3-1-2-6(4-7)5-12-8(10)11;5-2-1-6-4(9)7-3(2)8/h4-5,8-13,22-23H,2-3,6-7,14-19H2,1H3;1-8,17H,9-15H2;3-6,8-9,12,16,21-22H,7,10-11H2,1-2H3;1-2,4,7,11H,3,5-6H2;1-3H,4H2,(H4,11,12,13);1-4H,5H2,(H4,10,11,12);1H,(H2,6,7,8,9)/t;;;7-;;;/m...0.../s1/i26-1;24-1;20-1;10-1;2*9-1;5-1. The Bertz CT molecular complexity index is 5550. The highest BCUT2D eigenvalue weighted by atomic mass is 127. The Labute approximate surface area is 775 Å². The maximum Gasteiger partial charge on any atom is 0.325 e. The Kier molecular flexibility index (Phi) is 40.1. The molecule has 6 aliphatic rings. The highest BCUT2D eigenvalue weighted by Crippen LogP contribution is 2.43. The van der Waals surface area contributed by atoms with Gasteiger partial charge in [0.25, 0.3) is 23.3 Å². The van der Waals surface area contributed by atoms with Gasteiger partial charge < -0.3 is 67.7 Å². The number of thiocarbonyl (C=S) groups is 1. The van der Waals surface area contributed by atoms with E-state index in [4.69, 9.17) is 49.4 Å². The van der Waals surface area contributed by atoms with E-state index in [1.54, 1.807) is 75.6 Å². The first kappa shape index (κ1) is 101. The van der Waals surface area contributed by atoms with Crippen molar-refractivity contribution in [3.8, 4) is 22.6 Å². The lowest BCUT2D eigenvalue weighted by atomic mass is 9.89. The molecule has 696 valence electrons. The van der Waals surface area contributed by atoms with E-state index in [-0.39, 0.29) is 76.9 Å². The van der Waals surface area contributed by atoms with Crippen molar-refractivity contribution in [2.45, 2.75) is 115 Å². The molecule has 7 aromatic carbocycles. The smallest absolute Gasteiger partial charge is 0.325 e. The van der Waals surface area contributed by atoms with Gasteiger partial charge in [0.15, 0.2) is 23.5 Å². The molecule has 1 saturated carbocycles. The highest BCUT2D eigenvalue weighted by Gasteiger charge is 2.35. The molecule has 35 heteroatoms. The summed E-state index contributed by atoms with van der Waals surface area (Å²) >= 11 is 7.40. The maximum absolute atomic E-state index is 13.9. The van der Waals surface area contributed by atoms with Gasteiger partial charge >= 0.3 is 5.69 Å². The number of carbonyl (C=O) groups excluding carboxylic acids is 3. The first-order valence-electron chi connectivity index (χ1n) is 43.2. The van der Waals surface area contributed by atoms with Gasteiger partial charge in [0.2, 0.25) is 5.82 Å². The number of fused-ring (bicyclic) bond motifs is 4. The zero-order valence-electron chi connectivity index (χ0n) is 73.2. The van der Waals surface area contributed by atoms with Crippen molar-refractivity contribution in [2.75, 3.05) is 104 Å². The zero-order chi connectivity index (χ0) is 93.9. The number of aliphatic hydroxyl groups excluding tert-OH is 1. The van der Waals surface area contributed by atoms with Crippen LogP contribution in [0.5, 0.6) is 11.5 Å². The van der Waals surface area contributed by atoms with Gasteiger partial charge in [-0.2, -0.15) is 8.78 Å². The minimum atomic E-state index is -1.00. The SMILES string of the molecule is CC(C)NCC(O)COc1cc([18F])cc2c1-c1ccccc1C2.COC1CCCCC1N1CCN(CCN(C(=O)c2ccc([18F])cc2)c2ccccn2)CC1.NC(N)=NCc1ccc([18F])c(I)c1.NC(N)=NCc1cccc([18F])c1.O=C(c1ccc([18F])cc1)C1CCN(CCN2C(=O)c3ccccc3CC2=S)CC1.O=c1[nH]cc([18F])c(=O)[nH]1.[18F]c1ncccc1OC[C@@H]1CCN1. The molecule has 4 atom stereocenters. The summed E-state index contributed by atoms with van der Waals surface area (Å²) in [5.74, 6) is -1.72. The van der Waals surface area contributed by atoms with Crippen molar-refractivity contribution in [2.24, 2.45) is 38.8 Å². The summed E-state index contributed by atoms with van der Waals surface area (Å²) in [6.45, 7) is 15.1. The second kappa shape index (κ2) is 51.8. The van der Waals surface area contributed by atoms with E-state index >= 15 is 0 Å². The number of carbonyl (C=O) groups is 3. The summed E-state index contributed by atoms with van der Waals surface area (Å²) in [6, 6.07) is 51.1. The van der Waals surface area contributed by atoms with Crippen LogP contribution in [0.25, 0.3) is 11.1 Å². The number of Topliss-reactive ketones (excluding diaryl/α,β-unsaturated/α-hetero) is 1. The van der Waals surface area contributed by atoms with Crippen molar-refractivity contribution < 1.29 is 64.4 Å². The number of amides is 2. The molecular weight excluding hydrogens is 1820 g/mol. The van der Waals surface area contributed by atoms with Crippen LogP contribution in [0, 0.1) is 50.3 Å². The number of halogens is 8. The number of hydrogen-bond acceptors (Lipinski definition) is 19.